The number of ether oxygens (including phenoxy) is 1. The molecule has 0 unspecified atom stereocenters. The lowest BCUT2D eigenvalue weighted by molar-refractivity contribution is 0.0664. The van der Waals surface area contributed by atoms with Gasteiger partial charge >= 0.3 is 0 Å². The molecule has 7 nitrogen and oxygen atoms in total. The molecule has 0 saturated carbocycles. The molecule has 4 rings (SSSR count). The number of nitrogens with one attached hydrogen (secondary N) is 1. The van der Waals surface area contributed by atoms with Crippen LogP contribution < -0.4 is 4.74 Å². The maximum atomic E-state index is 13.1. The summed E-state index contributed by atoms with van der Waals surface area (Å²) >= 11 is 12.5. The fraction of sp³-hybridized carbons (Fsp3) is 0.300. The fourth-order valence-corrected chi connectivity index (χ4v) is 4.04. The maximum absolute atomic E-state index is 13.1. The second-order valence-corrected chi connectivity index (χ2v) is 7.49. The molecule has 1 aromatic carbocycles. The molecule has 2 aromatic heterocycles. The van der Waals surface area contributed by atoms with Crippen LogP contribution in [-0.2, 0) is 6.42 Å². The molecule has 0 spiro atoms. The standard InChI is InChI=1S/C20H17Cl2N5O2/c1-11-16-12-3-4-13(21)17(22)18(12)25-14(16)6-9-27(11)20(28)19-24-8-5-15(26-19)29-10-2-7-23/h3-5,8,11,25H,2,6,9-10H2,1H3/t11-/m0/s1. The summed E-state index contributed by atoms with van der Waals surface area (Å²) in [6, 6.07) is 7.06. The monoisotopic (exact) mass is 429 g/mol. The zero-order valence-electron chi connectivity index (χ0n) is 15.6. The number of H-pyrrole nitrogens is 1. The van der Waals surface area contributed by atoms with Crippen LogP contribution in [0.25, 0.3) is 10.9 Å². The van der Waals surface area contributed by atoms with Gasteiger partial charge in [0.1, 0.15) is 6.61 Å². The SMILES string of the molecule is C[C@H]1c2c([nH]c3c(Cl)c(Cl)ccc23)CCN1C(=O)c1nccc(OCCC#N)n1. The van der Waals surface area contributed by atoms with Crippen molar-refractivity contribution in [2.24, 2.45) is 0 Å². The van der Waals surface area contributed by atoms with Gasteiger partial charge < -0.3 is 14.6 Å². The van der Waals surface area contributed by atoms with E-state index in [4.69, 9.17) is 33.2 Å². The number of nitriles is 1. The van der Waals surface area contributed by atoms with E-state index in [1.54, 1.807) is 17.0 Å². The van der Waals surface area contributed by atoms with Crippen LogP contribution in [0.4, 0.5) is 0 Å². The lowest BCUT2D eigenvalue weighted by Gasteiger charge is -2.33. The van der Waals surface area contributed by atoms with Crippen molar-refractivity contribution in [2.45, 2.75) is 25.8 Å². The van der Waals surface area contributed by atoms with Crippen molar-refractivity contribution in [3.05, 3.63) is 51.5 Å². The summed E-state index contributed by atoms with van der Waals surface area (Å²) in [5.41, 5.74) is 2.87. The summed E-state index contributed by atoms with van der Waals surface area (Å²) in [6.07, 6.45) is 2.38. The quantitative estimate of drug-likeness (QED) is 0.623. The summed E-state index contributed by atoms with van der Waals surface area (Å²) in [7, 11) is 0. The first kappa shape index (κ1) is 19.5. The minimum Gasteiger partial charge on any atom is -0.476 e. The Morgan fingerprint density at radius 1 is 1.41 bits per heavy atom. The van der Waals surface area contributed by atoms with E-state index in [2.05, 4.69) is 15.0 Å². The van der Waals surface area contributed by atoms with Crippen LogP contribution in [0.15, 0.2) is 24.4 Å². The first-order chi connectivity index (χ1) is 14.0. The number of halogens is 2. The molecule has 29 heavy (non-hydrogen) atoms. The number of hydrogen-bond acceptors (Lipinski definition) is 5. The van der Waals surface area contributed by atoms with Crippen LogP contribution in [0.1, 0.15) is 41.3 Å². The highest BCUT2D eigenvalue weighted by Crippen LogP contribution is 2.40. The molecule has 0 saturated heterocycles. The van der Waals surface area contributed by atoms with Crippen molar-refractivity contribution < 1.29 is 9.53 Å². The van der Waals surface area contributed by atoms with E-state index in [-0.39, 0.29) is 36.7 Å². The normalized spacial score (nSPS) is 15.8. The minimum atomic E-state index is -0.275. The Labute approximate surface area is 177 Å². The minimum absolute atomic E-state index is 0.0654. The third-order valence-corrected chi connectivity index (χ3v) is 5.82. The Kier molecular flexibility index (Phi) is 5.31. The van der Waals surface area contributed by atoms with Crippen molar-refractivity contribution in [3.63, 3.8) is 0 Å². The van der Waals surface area contributed by atoms with Gasteiger partial charge in [0.05, 0.1) is 34.1 Å². The summed E-state index contributed by atoms with van der Waals surface area (Å²) in [5, 5.41) is 10.5. The van der Waals surface area contributed by atoms with Crippen molar-refractivity contribution in [2.75, 3.05) is 13.2 Å². The van der Waals surface area contributed by atoms with Gasteiger partial charge in [0.25, 0.3) is 5.91 Å². The van der Waals surface area contributed by atoms with Crippen LogP contribution in [0.3, 0.4) is 0 Å². The highest BCUT2D eigenvalue weighted by atomic mass is 35.5. The van der Waals surface area contributed by atoms with Gasteiger partial charge in [-0.05, 0) is 13.0 Å². The molecule has 0 radical (unpaired) electrons. The highest BCUT2D eigenvalue weighted by molar-refractivity contribution is 6.45. The topological polar surface area (TPSA) is 94.9 Å². The molecule has 0 aliphatic carbocycles. The van der Waals surface area contributed by atoms with Crippen molar-refractivity contribution in [3.8, 4) is 11.9 Å². The molecule has 0 fully saturated rings. The molecule has 0 bridgehead atoms. The van der Waals surface area contributed by atoms with E-state index in [1.165, 1.54) is 6.20 Å². The molecule has 3 aromatic rings. The molecule has 3 heterocycles. The molecule has 9 heteroatoms. The largest absolute Gasteiger partial charge is 0.476 e. The number of nitrogens with zero attached hydrogens (tertiary/aromatic N) is 4. The van der Waals surface area contributed by atoms with E-state index in [1.807, 2.05) is 19.1 Å². The molecule has 1 N–H and O–H groups in total. The van der Waals surface area contributed by atoms with Crippen LogP contribution in [0.2, 0.25) is 10.0 Å². The fourth-order valence-electron chi connectivity index (χ4n) is 3.67. The third kappa shape index (κ3) is 3.50. The van der Waals surface area contributed by atoms with Gasteiger partial charge in [-0.2, -0.15) is 10.2 Å². The van der Waals surface area contributed by atoms with E-state index >= 15 is 0 Å². The molecule has 1 amide bonds. The lowest BCUT2D eigenvalue weighted by atomic mass is 9.97. The number of fused-ring (bicyclic) bond motifs is 3. The van der Waals surface area contributed by atoms with Crippen molar-refractivity contribution in [1.82, 2.24) is 19.9 Å². The molecule has 1 aliphatic heterocycles. The number of carbonyl (C=O) groups excluding carboxylic acids is 1. The van der Waals surface area contributed by atoms with E-state index < -0.39 is 0 Å². The van der Waals surface area contributed by atoms with Gasteiger partial charge in [0, 0.05) is 41.9 Å². The van der Waals surface area contributed by atoms with Gasteiger partial charge in [-0.25, -0.2) is 4.98 Å². The Morgan fingerprint density at radius 3 is 3.03 bits per heavy atom. The van der Waals surface area contributed by atoms with Gasteiger partial charge in [0.2, 0.25) is 11.7 Å². The van der Waals surface area contributed by atoms with Gasteiger partial charge in [-0.15, -0.1) is 0 Å². The number of benzene rings is 1. The van der Waals surface area contributed by atoms with E-state index in [0.29, 0.717) is 23.0 Å². The van der Waals surface area contributed by atoms with Crippen LogP contribution >= 0.6 is 23.2 Å². The van der Waals surface area contributed by atoms with Crippen LogP contribution in [0.5, 0.6) is 5.88 Å². The average Bonchev–Trinajstić information content (AvgIpc) is 3.11. The predicted octanol–water partition coefficient (Wildman–Crippen LogP) is 4.32. The van der Waals surface area contributed by atoms with Crippen LogP contribution in [-0.4, -0.2) is 38.9 Å². The summed E-state index contributed by atoms with van der Waals surface area (Å²) in [4.78, 5) is 26.5. The summed E-state index contributed by atoms with van der Waals surface area (Å²) < 4.78 is 5.40. The first-order valence-corrected chi connectivity index (χ1v) is 9.89. The number of aromatic nitrogens is 3. The van der Waals surface area contributed by atoms with E-state index in [9.17, 15) is 4.79 Å². The molecular weight excluding hydrogens is 413 g/mol. The second-order valence-electron chi connectivity index (χ2n) is 6.70. The Morgan fingerprint density at radius 2 is 2.24 bits per heavy atom. The number of amides is 1. The van der Waals surface area contributed by atoms with Crippen molar-refractivity contribution >= 4 is 40.0 Å². The van der Waals surface area contributed by atoms with Gasteiger partial charge in [-0.3, -0.25) is 4.79 Å². The van der Waals surface area contributed by atoms with E-state index in [0.717, 1.165) is 22.2 Å². The van der Waals surface area contributed by atoms with Gasteiger partial charge in [-0.1, -0.05) is 29.3 Å². The van der Waals surface area contributed by atoms with Crippen molar-refractivity contribution in [1.29, 1.82) is 5.26 Å². The Balaban J connectivity index is 1.63. The molecule has 1 atom stereocenters. The third-order valence-electron chi connectivity index (χ3n) is 5.02. The zero-order valence-corrected chi connectivity index (χ0v) is 17.1. The maximum Gasteiger partial charge on any atom is 0.292 e. The molecular formula is C20H17Cl2N5O2. The smallest absolute Gasteiger partial charge is 0.292 e. The number of aromatic amines is 1. The number of carbonyl (C=O) groups is 1. The number of rotatable bonds is 4. The Bertz CT molecular complexity index is 1140. The zero-order chi connectivity index (χ0) is 20.5. The average molecular weight is 430 g/mol. The molecule has 1 aliphatic rings. The van der Waals surface area contributed by atoms with Gasteiger partial charge in [0.15, 0.2) is 0 Å². The summed E-state index contributed by atoms with van der Waals surface area (Å²) in [6.45, 7) is 2.70. The predicted molar refractivity (Wildman–Crippen MR) is 109 cm³/mol. The second kappa shape index (κ2) is 7.90. The first-order valence-electron chi connectivity index (χ1n) is 9.13. The highest BCUT2D eigenvalue weighted by Gasteiger charge is 2.33. The van der Waals surface area contributed by atoms with Crippen LogP contribution in [0, 0.1) is 11.3 Å². The summed E-state index contributed by atoms with van der Waals surface area (Å²) in [5.74, 6) is 0.0661. The molecule has 148 valence electrons. The number of hydrogen-bond donors (Lipinski definition) is 1. The Hall–Kier alpha value is -2.82. The lowest BCUT2D eigenvalue weighted by Crippen LogP contribution is -2.39.